The smallest absolute Gasteiger partial charge is 0.254 e. The van der Waals surface area contributed by atoms with E-state index in [1.807, 2.05) is 78.9 Å². The van der Waals surface area contributed by atoms with E-state index in [4.69, 9.17) is 28.9 Å². The number of nitrogens with zero attached hydrogens (tertiary/aromatic N) is 1. The molecule has 48 heavy (non-hydrogen) atoms. The van der Waals surface area contributed by atoms with E-state index in [1.54, 1.807) is 23.1 Å². The molecule has 0 spiro atoms. The number of amides is 3. The van der Waals surface area contributed by atoms with Crippen LogP contribution in [0.2, 0.25) is 10.0 Å². The number of fused-ring (bicyclic) bond motifs is 3. The van der Waals surface area contributed by atoms with Gasteiger partial charge in [0, 0.05) is 21.2 Å². The molecule has 4 aromatic rings. The van der Waals surface area contributed by atoms with E-state index in [9.17, 15) is 14.4 Å². The number of benzene rings is 4. The Balaban J connectivity index is 1.39. The molecule has 1 saturated carbocycles. The van der Waals surface area contributed by atoms with Gasteiger partial charge in [-0.25, -0.2) is 0 Å². The third kappa shape index (κ3) is 7.06. The Labute approximate surface area is 291 Å². The highest BCUT2D eigenvalue weighted by molar-refractivity contribution is 6.36. The van der Waals surface area contributed by atoms with Crippen molar-refractivity contribution in [3.05, 3.63) is 125 Å². The minimum absolute atomic E-state index is 0.251. The second kappa shape index (κ2) is 14.8. The maximum atomic E-state index is 14.8. The van der Waals surface area contributed by atoms with Gasteiger partial charge < -0.3 is 16.0 Å². The van der Waals surface area contributed by atoms with Crippen molar-refractivity contribution in [2.24, 2.45) is 23.5 Å². The minimum Gasteiger partial charge on any atom is -0.369 e. The van der Waals surface area contributed by atoms with Crippen molar-refractivity contribution in [2.75, 3.05) is 4.90 Å². The molecule has 0 aromatic heterocycles. The zero-order valence-electron chi connectivity index (χ0n) is 26.7. The zero-order valence-corrected chi connectivity index (χ0v) is 28.2. The molecule has 1 fully saturated rings. The summed E-state index contributed by atoms with van der Waals surface area (Å²) >= 11 is 12.7. The van der Waals surface area contributed by atoms with Crippen molar-refractivity contribution in [3.8, 4) is 22.3 Å². The molecule has 3 N–H and O–H groups in total. The standard InChI is InChI=1S/C40H39Cl2N3O3/c1-2-10-33(38(43)46)34(22-25-11-3-4-12-25)39(47)44-37-32-17-6-5-15-30(32)31-16-7-8-18-36(31)45(40(37)48)24-26-13-9-14-27(21-26)29-20-19-28(41)23-35(29)42/h2,5-9,13-21,23,25,33-34,37H,1,3-4,10-12,22,24H2,(H2,43,46)(H,44,47). The van der Waals surface area contributed by atoms with E-state index >= 15 is 0 Å². The number of halogens is 2. The molecule has 1 aliphatic heterocycles. The summed E-state index contributed by atoms with van der Waals surface area (Å²) in [4.78, 5) is 43.6. The second-order valence-corrected chi connectivity index (χ2v) is 13.7. The van der Waals surface area contributed by atoms with Gasteiger partial charge in [0.05, 0.1) is 24.1 Å². The van der Waals surface area contributed by atoms with Crippen molar-refractivity contribution in [1.82, 2.24) is 5.32 Å². The highest BCUT2D eigenvalue weighted by atomic mass is 35.5. The molecule has 8 heteroatoms. The molecule has 3 unspecified atom stereocenters. The van der Waals surface area contributed by atoms with Crippen LogP contribution in [0, 0.1) is 17.8 Å². The Kier molecular flexibility index (Phi) is 10.3. The number of carbonyl (C=O) groups is 3. The quantitative estimate of drug-likeness (QED) is 0.155. The summed E-state index contributed by atoms with van der Waals surface area (Å²) in [6, 6.07) is 27.8. The van der Waals surface area contributed by atoms with E-state index in [1.165, 1.54) is 0 Å². The molecule has 0 radical (unpaired) electrons. The van der Waals surface area contributed by atoms with Gasteiger partial charge >= 0.3 is 0 Å². The van der Waals surface area contributed by atoms with Crippen molar-refractivity contribution in [1.29, 1.82) is 0 Å². The predicted octanol–water partition coefficient (Wildman–Crippen LogP) is 8.91. The first-order valence-electron chi connectivity index (χ1n) is 16.5. The summed E-state index contributed by atoms with van der Waals surface area (Å²) in [5.74, 6) is -2.21. The van der Waals surface area contributed by atoms with Crippen LogP contribution in [0.25, 0.3) is 22.3 Å². The van der Waals surface area contributed by atoms with Gasteiger partial charge in [-0.3, -0.25) is 14.4 Å². The molecule has 3 amide bonds. The lowest BCUT2D eigenvalue weighted by Crippen LogP contribution is -2.47. The van der Waals surface area contributed by atoms with Crippen molar-refractivity contribution < 1.29 is 14.4 Å². The van der Waals surface area contributed by atoms with E-state index in [2.05, 4.69) is 11.9 Å². The maximum absolute atomic E-state index is 14.8. The average molecular weight is 681 g/mol. The molecular weight excluding hydrogens is 641 g/mol. The highest BCUT2D eigenvalue weighted by Crippen LogP contribution is 2.42. The SMILES string of the molecule is C=CCC(C(N)=O)C(CC1CCCC1)C(=O)NC1C(=O)N(Cc2cccc(-c3ccc(Cl)cc3Cl)c2)c2ccccc2-c2ccccc21. The van der Waals surface area contributed by atoms with Gasteiger partial charge in [0.25, 0.3) is 5.91 Å². The molecule has 3 atom stereocenters. The van der Waals surface area contributed by atoms with Gasteiger partial charge in [-0.15, -0.1) is 6.58 Å². The molecule has 1 heterocycles. The van der Waals surface area contributed by atoms with Crippen molar-refractivity contribution >= 4 is 46.6 Å². The number of nitrogens with one attached hydrogen (secondary N) is 1. The van der Waals surface area contributed by atoms with Crippen LogP contribution in [0.5, 0.6) is 0 Å². The summed E-state index contributed by atoms with van der Waals surface area (Å²) < 4.78 is 0. The first kappa shape index (κ1) is 33.5. The minimum atomic E-state index is -0.988. The summed E-state index contributed by atoms with van der Waals surface area (Å²) in [6.45, 7) is 4.07. The Morgan fingerprint density at radius 2 is 1.62 bits per heavy atom. The third-order valence-electron chi connectivity index (χ3n) is 9.74. The number of carbonyl (C=O) groups excluding carboxylic acids is 3. The van der Waals surface area contributed by atoms with Gasteiger partial charge in [-0.05, 0) is 65.3 Å². The first-order valence-corrected chi connectivity index (χ1v) is 17.3. The zero-order chi connectivity index (χ0) is 33.8. The number of hydrogen-bond donors (Lipinski definition) is 2. The Hall–Kier alpha value is -4.39. The first-order chi connectivity index (χ1) is 23.2. The molecule has 1 aliphatic carbocycles. The number of allylic oxidation sites excluding steroid dienone is 1. The molecule has 6 nitrogen and oxygen atoms in total. The van der Waals surface area contributed by atoms with Crippen LogP contribution in [0.1, 0.15) is 55.7 Å². The lowest BCUT2D eigenvalue weighted by Gasteiger charge is -2.30. The Bertz CT molecular complexity index is 1850. The molecule has 4 aromatic carbocycles. The number of para-hydroxylation sites is 1. The van der Waals surface area contributed by atoms with Gasteiger partial charge in [0.1, 0.15) is 6.04 Å². The second-order valence-electron chi connectivity index (χ2n) is 12.8. The lowest BCUT2D eigenvalue weighted by molar-refractivity contribution is -0.136. The van der Waals surface area contributed by atoms with E-state index in [0.717, 1.165) is 59.2 Å². The summed E-state index contributed by atoms with van der Waals surface area (Å²) in [5.41, 5.74) is 11.7. The molecule has 246 valence electrons. The fraction of sp³-hybridized carbons (Fsp3) is 0.275. The summed E-state index contributed by atoms with van der Waals surface area (Å²) in [6.07, 6.45) is 6.71. The van der Waals surface area contributed by atoms with Gasteiger partial charge in [-0.2, -0.15) is 0 Å². The van der Waals surface area contributed by atoms with Gasteiger partial charge in [-0.1, -0.05) is 122 Å². The van der Waals surface area contributed by atoms with Crippen LogP contribution in [-0.4, -0.2) is 17.7 Å². The number of nitrogens with two attached hydrogens (primary N) is 1. The number of primary amides is 1. The average Bonchev–Trinajstić information content (AvgIpc) is 3.58. The maximum Gasteiger partial charge on any atom is 0.254 e. The number of anilines is 1. The predicted molar refractivity (Wildman–Crippen MR) is 193 cm³/mol. The Morgan fingerprint density at radius 1 is 0.896 bits per heavy atom. The fourth-order valence-corrected chi connectivity index (χ4v) is 7.87. The summed E-state index contributed by atoms with van der Waals surface area (Å²) in [7, 11) is 0. The van der Waals surface area contributed by atoms with Crippen LogP contribution >= 0.6 is 23.2 Å². The van der Waals surface area contributed by atoms with Gasteiger partial charge in [0.2, 0.25) is 11.8 Å². The van der Waals surface area contributed by atoms with E-state index < -0.39 is 23.8 Å². The largest absolute Gasteiger partial charge is 0.369 e. The molecule has 0 saturated heterocycles. The molecule has 2 aliphatic rings. The molecule has 0 bridgehead atoms. The van der Waals surface area contributed by atoms with Crippen molar-refractivity contribution in [3.63, 3.8) is 0 Å². The third-order valence-corrected chi connectivity index (χ3v) is 10.3. The molecule has 6 rings (SSSR count). The number of hydrogen-bond acceptors (Lipinski definition) is 3. The van der Waals surface area contributed by atoms with E-state index in [0.29, 0.717) is 34.4 Å². The topological polar surface area (TPSA) is 92.5 Å². The number of rotatable bonds is 11. The van der Waals surface area contributed by atoms with Crippen molar-refractivity contribution in [2.45, 2.75) is 51.1 Å². The monoisotopic (exact) mass is 679 g/mol. The van der Waals surface area contributed by atoms with Crippen LogP contribution in [0.4, 0.5) is 5.69 Å². The van der Waals surface area contributed by atoms with E-state index in [-0.39, 0.29) is 18.4 Å². The normalized spacial score (nSPS) is 17.2. The Morgan fingerprint density at radius 3 is 2.35 bits per heavy atom. The van der Waals surface area contributed by atoms with Crippen LogP contribution in [0.15, 0.2) is 104 Å². The van der Waals surface area contributed by atoms with Gasteiger partial charge in [0.15, 0.2) is 0 Å². The fourth-order valence-electron chi connectivity index (χ4n) is 7.35. The highest BCUT2D eigenvalue weighted by Gasteiger charge is 2.39. The van der Waals surface area contributed by atoms with Crippen LogP contribution in [-0.2, 0) is 20.9 Å². The summed E-state index contributed by atoms with van der Waals surface area (Å²) in [5, 5.41) is 4.22. The lowest BCUT2D eigenvalue weighted by atomic mass is 9.80. The van der Waals surface area contributed by atoms with Crippen LogP contribution < -0.4 is 16.0 Å². The van der Waals surface area contributed by atoms with Crippen LogP contribution in [0.3, 0.4) is 0 Å². The molecular formula is C40H39Cl2N3O3.